The second kappa shape index (κ2) is 5.16. The maximum Gasteiger partial charge on any atom is 0.277 e. The second-order valence-corrected chi connectivity index (χ2v) is 4.73. The van der Waals surface area contributed by atoms with Crippen molar-refractivity contribution in [2.75, 3.05) is 12.3 Å². The SMILES string of the molecule is CC1CCCCC1CNC(=O)c1nonc1N. The topological polar surface area (TPSA) is 94.0 Å². The molecule has 94 valence electrons. The molecule has 1 heterocycles. The fourth-order valence-electron chi connectivity index (χ4n) is 2.36. The summed E-state index contributed by atoms with van der Waals surface area (Å²) in [5.74, 6) is 0.950. The minimum atomic E-state index is -0.304. The number of nitrogens with zero attached hydrogens (tertiary/aromatic N) is 2. The molecule has 1 aromatic rings. The predicted molar refractivity (Wildman–Crippen MR) is 62.2 cm³/mol. The summed E-state index contributed by atoms with van der Waals surface area (Å²) >= 11 is 0. The summed E-state index contributed by atoms with van der Waals surface area (Å²) in [6, 6.07) is 0. The van der Waals surface area contributed by atoms with Gasteiger partial charge in [-0.25, -0.2) is 4.63 Å². The van der Waals surface area contributed by atoms with Crippen LogP contribution in [0.2, 0.25) is 0 Å². The van der Waals surface area contributed by atoms with Gasteiger partial charge in [0.05, 0.1) is 0 Å². The van der Waals surface area contributed by atoms with Gasteiger partial charge in [0.2, 0.25) is 11.5 Å². The Bertz CT molecular complexity index is 391. The maximum absolute atomic E-state index is 11.7. The summed E-state index contributed by atoms with van der Waals surface area (Å²) in [5.41, 5.74) is 5.53. The molecule has 2 unspecified atom stereocenters. The zero-order chi connectivity index (χ0) is 12.3. The van der Waals surface area contributed by atoms with E-state index in [-0.39, 0.29) is 17.4 Å². The quantitative estimate of drug-likeness (QED) is 0.825. The average molecular weight is 238 g/mol. The highest BCUT2D eigenvalue weighted by molar-refractivity contribution is 5.95. The van der Waals surface area contributed by atoms with Crippen molar-refractivity contribution in [1.82, 2.24) is 15.6 Å². The summed E-state index contributed by atoms with van der Waals surface area (Å²) in [6.07, 6.45) is 4.96. The number of amides is 1. The lowest BCUT2D eigenvalue weighted by molar-refractivity contribution is 0.0927. The fourth-order valence-corrected chi connectivity index (χ4v) is 2.36. The van der Waals surface area contributed by atoms with E-state index in [1.54, 1.807) is 0 Å². The predicted octanol–water partition coefficient (Wildman–Crippen LogP) is 1.21. The summed E-state index contributed by atoms with van der Waals surface area (Å²) in [4.78, 5) is 11.7. The van der Waals surface area contributed by atoms with E-state index >= 15 is 0 Å². The Morgan fingerprint density at radius 1 is 1.47 bits per heavy atom. The van der Waals surface area contributed by atoms with Crippen LogP contribution in [-0.2, 0) is 0 Å². The van der Waals surface area contributed by atoms with Crippen molar-refractivity contribution in [2.45, 2.75) is 32.6 Å². The molecule has 0 aromatic carbocycles. The van der Waals surface area contributed by atoms with Crippen LogP contribution in [0.25, 0.3) is 0 Å². The Kier molecular flexibility index (Phi) is 3.61. The number of carbonyl (C=O) groups excluding carboxylic acids is 1. The highest BCUT2D eigenvalue weighted by Crippen LogP contribution is 2.28. The smallest absolute Gasteiger partial charge is 0.277 e. The summed E-state index contributed by atoms with van der Waals surface area (Å²) in [6.45, 7) is 2.91. The van der Waals surface area contributed by atoms with Crippen LogP contribution in [0.5, 0.6) is 0 Å². The molecule has 1 amide bonds. The van der Waals surface area contributed by atoms with Gasteiger partial charge in [-0.1, -0.05) is 26.2 Å². The van der Waals surface area contributed by atoms with Crippen molar-refractivity contribution in [3.8, 4) is 0 Å². The maximum atomic E-state index is 11.7. The van der Waals surface area contributed by atoms with E-state index in [0.717, 1.165) is 0 Å². The number of hydrogen-bond donors (Lipinski definition) is 2. The first-order valence-corrected chi connectivity index (χ1v) is 6.04. The Hall–Kier alpha value is -1.59. The third-order valence-electron chi connectivity index (χ3n) is 3.54. The first kappa shape index (κ1) is 11.9. The molecular weight excluding hydrogens is 220 g/mol. The van der Waals surface area contributed by atoms with Crippen LogP contribution in [0, 0.1) is 11.8 Å². The third-order valence-corrected chi connectivity index (χ3v) is 3.54. The van der Waals surface area contributed by atoms with Gasteiger partial charge in [0, 0.05) is 6.54 Å². The molecule has 0 bridgehead atoms. The van der Waals surface area contributed by atoms with Crippen molar-refractivity contribution in [3.05, 3.63) is 5.69 Å². The van der Waals surface area contributed by atoms with Crippen LogP contribution in [0.4, 0.5) is 5.82 Å². The summed E-state index contributed by atoms with van der Waals surface area (Å²) < 4.78 is 4.39. The number of hydrogen-bond acceptors (Lipinski definition) is 5. The van der Waals surface area contributed by atoms with E-state index in [1.165, 1.54) is 25.7 Å². The Morgan fingerprint density at radius 3 is 2.88 bits per heavy atom. The van der Waals surface area contributed by atoms with E-state index in [2.05, 4.69) is 27.2 Å². The molecule has 1 aromatic heterocycles. The highest BCUT2D eigenvalue weighted by Gasteiger charge is 2.23. The van der Waals surface area contributed by atoms with Crippen LogP contribution >= 0.6 is 0 Å². The van der Waals surface area contributed by atoms with Crippen LogP contribution in [0.1, 0.15) is 43.1 Å². The molecule has 3 N–H and O–H groups in total. The lowest BCUT2D eigenvalue weighted by Gasteiger charge is -2.28. The molecular formula is C11H18N4O2. The zero-order valence-electron chi connectivity index (χ0n) is 9.98. The number of nitrogens with two attached hydrogens (primary N) is 1. The molecule has 2 rings (SSSR count). The minimum absolute atomic E-state index is 0.0409. The summed E-state index contributed by atoms with van der Waals surface area (Å²) in [7, 11) is 0. The molecule has 2 atom stereocenters. The van der Waals surface area contributed by atoms with Crippen LogP contribution in [0.3, 0.4) is 0 Å². The summed E-state index contributed by atoms with van der Waals surface area (Å²) in [5, 5.41) is 9.70. The van der Waals surface area contributed by atoms with E-state index in [1.807, 2.05) is 0 Å². The van der Waals surface area contributed by atoms with Crippen LogP contribution in [0.15, 0.2) is 4.63 Å². The normalized spacial score (nSPS) is 24.5. The largest absolute Gasteiger partial charge is 0.379 e. The van der Waals surface area contributed by atoms with E-state index in [4.69, 9.17) is 5.73 Å². The molecule has 6 nitrogen and oxygen atoms in total. The molecule has 17 heavy (non-hydrogen) atoms. The molecule has 6 heteroatoms. The molecule has 1 aliphatic carbocycles. The minimum Gasteiger partial charge on any atom is -0.379 e. The Labute approximate surface area is 99.9 Å². The van der Waals surface area contributed by atoms with Crippen molar-refractivity contribution < 1.29 is 9.42 Å². The molecule has 0 spiro atoms. The van der Waals surface area contributed by atoms with Gasteiger partial charge >= 0.3 is 0 Å². The number of nitrogens with one attached hydrogen (secondary N) is 1. The Morgan fingerprint density at radius 2 is 2.24 bits per heavy atom. The number of aromatic nitrogens is 2. The van der Waals surface area contributed by atoms with Gasteiger partial charge in [0.25, 0.3) is 5.91 Å². The fraction of sp³-hybridized carbons (Fsp3) is 0.727. The number of carbonyl (C=O) groups is 1. The molecule has 0 saturated heterocycles. The van der Waals surface area contributed by atoms with Gasteiger partial charge < -0.3 is 11.1 Å². The first-order valence-electron chi connectivity index (χ1n) is 6.04. The van der Waals surface area contributed by atoms with Gasteiger partial charge in [0.15, 0.2) is 0 Å². The molecule has 0 aliphatic heterocycles. The number of anilines is 1. The van der Waals surface area contributed by atoms with Crippen molar-refractivity contribution >= 4 is 11.7 Å². The lowest BCUT2D eigenvalue weighted by atomic mass is 9.80. The average Bonchev–Trinajstić information content (AvgIpc) is 2.74. The van der Waals surface area contributed by atoms with Crippen molar-refractivity contribution in [2.24, 2.45) is 11.8 Å². The molecule has 1 saturated carbocycles. The van der Waals surface area contributed by atoms with E-state index < -0.39 is 0 Å². The zero-order valence-corrected chi connectivity index (χ0v) is 9.98. The van der Waals surface area contributed by atoms with Gasteiger partial charge in [-0.3, -0.25) is 4.79 Å². The third kappa shape index (κ3) is 2.75. The van der Waals surface area contributed by atoms with Crippen LogP contribution < -0.4 is 11.1 Å². The van der Waals surface area contributed by atoms with Gasteiger partial charge in [-0.05, 0) is 28.6 Å². The van der Waals surface area contributed by atoms with Crippen molar-refractivity contribution in [3.63, 3.8) is 0 Å². The Balaban J connectivity index is 1.86. The number of rotatable bonds is 3. The number of nitrogen functional groups attached to an aromatic ring is 1. The van der Waals surface area contributed by atoms with Crippen LogP contribution in [-0.4, -0.2) is 22.8 Å². The van der Waals surface area contributed by atoms with E-state index in [9.17, 15) is 4.79 Å². The first-order chi connectivity index (χ1) is 8.18. The standard InChI is InChI=1S/C11H18N4O2/c1-7-4-2-3-5-8(7)6-13-11(16)9-10(12)15-17-14-9/h7-8H,2-6H2,1H3,(H2,12,15)(H,13,16). The monoisotopic (exact) mass is 238 g/mol. The molecule has 1 fully saturated rings. The van der Waals surface area contributed by atoms with Gasteiger partial charge in [-0.2, -0.15) is 0 Å². The van der Waals surface area contributed by atoms with Gasteiger partial charge in [-0.15, -0.1) is 0 Å². The highest BCUT2D eigenvalue weighted by atomic mass is 16.6. The second-order valence-electron chi connectivity index (χ2n) is 4.73. The van der Waals surface area contributed by atoms with Gasteiger partial charge in [0.1, 0.15) is 0 Å². The van der Waals surface area contributed by atoms with Crippen molar-refractivity contribution in [1.29, 1.82) is 0 Å². The van der Waals surface area contributed by atoms with E-state index in [0.29, 0.717) is 18.4 Å². The molecule has 0 radical (unpaired) electrons. The lowest BCUT2D eigenvalue weighted by Crippen LogP contribution is -2.33. The molecule has 1 aliphatic rings.